The maximum atomic E-state index is 6.14. The van der Waals surface area contributed by atoms with E-state index in [-0.39, 0.29) is 11.6 Å². The van der Waals surface area contributed by atoms with E-state index in [1.165, 1.54) is 6.42 Å². The van der Waals surface area contributed by atoms with Gasteiger partial charge in [-0.05, 0) is 57.4 Å². The number of benzene rings is 1. The lowest BCUT2D eigenvalue weighted by Gasteiger charge is -2.35. The molecule has 112 valence electrons. The zero-order chi connectivity index (χ0) is 14.8. The molecule has 0 spiro atoms. The zero-order valence-corrected chi connectivity index (χ0v) is 14.7. The van der Waals surface area contributed by atoms with Gasteiger partial charge in [-0.1, -0.05) is 27.5 Å². The molecule has 0 bridgehead atoms. The molecular formula is C16H23BrClNO. The quantitative estimate of drug-likeness (QED) is 0.822. The van der Waals surface area contributed by atoms with E-state index in [1.807, 2.05) is 18.2 Å². The van der Waals surface area contributed by atoms with Crippen LogP contribution in [0.25, 0.3) is 0 Å². The number of halogens is 2. The molecule has 2 rings (SSSR count). The molecule has 1 aliphatic rings. The average Bonchev–Trinajstić information content (AvgIpc) is 2.39. The Kier molecular flexibility index (Phi) is 5.52. The van der Waals surface area contributed by atoms with Crippen LogP contribution in [-0.4, -0.2) is 18.7 Å². The summed E-state index contributed by atoms with van der Waals surface area (Å²) in [4.78, 5) is 0. The van der Waals surface area contributed by atoms with E-state index in [9.17, 15) is 0 Å². The van der Waals surface area contributed by atoms with Crippen molar-refractivity contribution in [1.82, 2.24) is 5.32 Å². The van der Waals surface area contributed by atoms with E-state index in [1.54, 1.807) is 0 Å². The third kappa shape index (κ3) is 4.45. The van der Waals surface area contributed by atoms with Crippen LogP contribution in [0.2, 0.25) is 5.02 Å². The van der Waals surface area contributed by atoms with Gasteiger partial charge in [0.05, 0.1) is 6.10 Å². The molecule has 0 saturated carbocycles. The number of hydrogen-bond donors (Lipinski definition) is 1. The van der Waals surface area contributed by atoms with Gasteiger partial charge in [-0.15, -0.1) is 0 Å². The van der Waals surface area contributed by atoms with E-state index in [4.69, 9.17) is 16.3 Å². The minimum absolute atomic E-state index is 0.117. The molecular weight excluding hydrogens is 338 g/mol. The van der Waals surface area contributed by atoms with E-state index >= 15 is 0 Å². The van der Waals surface area contributed by atoms with Crippen LogP contribution in [0.15, 0.2) is 22.7 Å². The molecule has 1 fully saturated rings. The number of hydrogen-bond acceptors (Lipinski definition) is 2. The lowest BCUT2D eigenvalue weighted by molar-refractivity contribution is -0.0296. The largest absolute Gasteiger partial charge is 0.373 e. The maximum absolute atomic E-state index is 6.14. The second-order valence-electron chi connectivity index (χ2n) is 6.49. The first kappa shape index (κ1) is 16.3. The summed E-state index contributed by atoms with van der Waals surface area (Å²) in [5, 5.41) is 4.36. The summed E-state index contributed by atoms with van der Waals surface area (Å²) in [5.74, 6) is 0.484. The Hall–Kier alpha value is -0.0900. The van der Waals surface area contributed by atoms with Crippen LogP contribution >= 0.6 is 27.5 Å². The maximum Gasteiger partial charge on any atom is 0.0876 e. The van der Waals surface area contributed by atoms with Crippen molar-refractivity contribution in [2.75, 3.05) is 13.2 Å². The number of rotatable bonds is 3. The second-order valence-corrected chi connectivity index (χ2v) is 7.78. The third-order valence-electron chi connectivity index (χ3n) is 3.60. The molecule has 0 amide bonds. The Morgan fingerprint density at radius 1 is 1.40 bits per heavy atom. The van der Waals surface area contributed by atoms with Gasteiger partial charge in [0.2, 0.25) is 0 Å². The van der Waals surface area contributed by atoms with E-state index in [2.05, 4.69) is 42.0 Å². The SMILES string of the molecule is CC(C)(C)NCC1CCCOC1c1cc(Cl)ccc1Br. The molecule has 1 N–H and O–H groups in total. The van der Waals surface area contributed by atoms with E-state index < -0.39 is 0 Å². The van der Waals surface area contributed by atoms with Crippen molar-refractivity contribution in [3.63, 3.8) is 0 Å². The van der Waals surface area contributed by atoms with Gasteiger partial charge < -0.3 is 10.1 Å². The summed E-state index contributed by atoms with van der Waals surface area (Å²) in [6.45, 7) is 8.38. The molecule has 1 aliphatic heterocycles. The highest BCUT2D eigenvalue weighted by atomic mass is 79.9. The van der Waals surface area contributed by atoms with Crippen LogP contribution in [0.3, 0.4) is 0 Å². The van der Waals surface area contributed by atoms with Gasteiger partial charge in [-0.2, -0.15) is 0 Å². The topological polar surface area (TPSA) is 21.3 Å². The number of nitrogens with one attached hydrogen (secondary N) is 1. The van der Waals surface area contributed by atoms with Crippen LogP contribution < -0.4 is 5.32 Å². The highest BCUT2D eigenvalue weighted by molar-refractivity contribution is 9.10. The molecule has 4 heteroatoms. The van der Waals surface area contributed by atoms with Crippen LogP contribution in [0.1, 0.15) is 45.3 Å². The highest BCUT2D eigenvalue weighted by Crippen LogP contribution is 2.38. The molecule has 2 unspecified atom stereocenters. The summed E-state index contributed by atoms with van der Waals surface area (Å²) >= 11 is 9.77. The molecule has 1 saturated heterocycles. The predicted octanol–water partition coefficient (Wildman–Crippen LogP) is 4.96. The average molecular weight is 361 g/mol. The van der Waals surface area contributed by atoms with Crippen molar-refractivity contribution in [1.29, 1.82) is 0 Å². The van der Waals surface area contributed by atoms with Crippen LogP contribution in [0, 0.1) is 5.92 Å². The van der Waals surface area contributed by atoms with Crippen LogP contribution in [-0.2, 0) is 4.74 Å². The van der Waals surface area contributed by atoms with Gasteiger partial charge >= 0.3 is 0 Å². The Bertz CT molecular complexity index is 458. The second kappa shape index (κ2) is 6.78. The smallest absolute Gasteiger partial charge is 0.0876 e. The molecule has 0 radical (unpaired) electrons. The highest BCUT2D eigenvalue weighted by Gasteiger charge is 2.29. The van der Waals surface area contributed by atoms with Crippen LogP contribution in [0.4, 0.5) is 0 Å². The van der Waals surface area contributed by atoms with Crippen molar-refractivity contribution in [3.8, 4) is 0 Å². The van der Waals surface area contributed by atoms with Crippen molar-refractivity contribution in [2.45, 2.75) is 45.3 Å². The lowest BCUT2D eigenvalue weighted by Crippen LogP contribution is -2.41. The van der Waals surface area contributed by atoms with Crippen molar-refractivity contribution < 1.29 is 4.74 Å². The minimum atomic E-state index is 0.117. The summed E-state index contributed by atoms with van der Waals surface area (Å²) < 4.78 is 7.13. The lowest BCUT2D eigenvalue weighted by atomic mass is 9.88. The summed E-state index contributed by atoms with van der Waals surface area (Å²) in [7, 11) is 0. The Balaban J connectivity index is 2.16. The molecule has 2 nitrogen and oxygen atoms in total. The Morgan fingerprint density at radius 3 is 2.85 bits per heavy atom. The van der Waals surface area contributed by atoms with Gasteiger partial charge in [-0.3, -0.25) is 0 Å². The number of ether oxygens (including phenoxy) is 1. The molecule has 2 atom stereocenters. The predicted molar refractivity (Wildman–Crippen MR) is 88.3 cm³/mol. The molecule has 1 aromatic rings. The molecule has 0 aromatic heterocycles. The van der Waals surface area contributed by atoms with Gasteiger partial charge in [0, 0.05) is 34.1 Å². The van der Waals surface area contributed by atoms with Gasteiger partial charge in [-0.25, -0.2) is 0 Å². The molecule has 1 heterocycles. The molecule has 0 aliphatic carbocycles. The minimum Gasteiger partial charge on any atom is -0.373 e. The Labute approximate surface area is 135 Å². The standard InChI is InChI=1S/C16H23BrClNO/c1-16(2,3)19-10-11-5-4-8-20-15(11)13-9-12(18)6-7-14(13)17/h6-7,9,11,15,19H,4-5,8,10H2,1-3H3. The summed E-state index contributed by atoms with van der Waals surface area (Å²) in [6, 6.07) is 5.93. The summed E-state index contributed by atoms with van der Waals surface area (Å²) in [5.41, 5.74) is 1.30. The monoisotopic (exact) mass is 359 g/mol. The summed E-state index contributed by atoms with van der Waals surface area (Å²) in [6.07, 6.45) is 2.43. The first-order valence-electron chi connectivity index (χ1n) is 7.18. The van der Waals surface area contributed by atoms with Crippen molar-refractivity contribution >= 4 is 27.5 Å². The third-order valence-corrected chi connectivity index (χ3v) is 4.56. The fourth-order valence-corrected chi connectivity index (χ4v) is 3.22. The zero-order valence-electron chi connectivity index (χ0n) is 12.4. The van der Waals surface area contributed by atoms with Gasteiger partial charge in [0.25, 0.3) is 0 Å². The fourth-order valence-electron chi connectivity index (χ4n) is 2.57. The first-order valence-corrected chi connectivity index (χ1v) is 8.35. The van der Waals surface area contributed by atoms with Crippen molar-refractivity contribution in [3.05, 3.63) is 33.3 Å². The van der Waals surface area contributed by atoms with E-state index in [0.717, 1.165) is 34.6 Å². The first-order chi connectivity index (χ1) is 9.37. The molecule has 1 aromatic carbocycles. The normalized spacial score (nSPS) is 23.9. The fraction of sp³-hybridized carbons (Fsp3) is 0.625. The van der Waals surface area contributed by atoms with Crippen molar-refractivity contribution in [2.24, 2.45) is 5.92 Å². The van der Waals surface area contributed by atoms with E-state index in [0.29, 0.717) is 5.92 Å². The molecule has 20 heavy (non-hydrogen) atoms. The Morgan fingerprint density at radius 2 is 2.15 bits per heavy atom. The van der Waals surface area contributed by atoms with Crippen LogP contribution in [0.5, 0.6) is 0 Å². The van der Waals surface area contributed by atoms with Gasteiger partial charge in [0.15, 0.2) is 0 Å². The van der Waals surface area contributed by atoms with Gasteiger partial charge in [0.1, 0.15) is 0 Å².